The highest BCUT2D eigenvalue weighted by Crippen LogP contribution is 2.20. The average molecular weight is 194 g/mol. The fraction of sp³-hybridized carbons (Fsp3) is 0.400. The summed E-state index contributed by atoms with van der Waals surface area (Å²) in [7, 11) is -1.43. The summed E-state index contributed by atoms with van der Waals surface area (Å²) in [6.45, 7) is 3.92. The van der Waals surface area contributed by atoms with Crippen LogP contribution in [0, 0.1) is 0 Å². The van der Waals surface area contributed by atoms with Crippen LogP contribution in [0.15, 0.2) is 24.3 Å². The molecule has 3 N–H and O–H groups in total. The van der Waals surface area contributed by atoms with Crippen molar-refractivity contribution >= 4 is 12.6 Å². The molecular weight excluding hydrogens is 179 g/mol. The van der Waals surface area contributed by atoms with Gasteiger partial charge in [-0.15, -0.1) is 0 Å². The first-order chi connectivity index (χ1) is 6.47. The van der Waals surface area contributed by atoms with Gasteiger partial charge in [-0.3, -0.25) is 0 Å². The third-order valence-corrected chi connectivity index (χ3v) is 2.39. The van der Waals surface area contributed by atoms with Gasteiger partial charge in [-0.1, -0.05) is 38.1 Å². The number of aliphatic hydroxyl groups excluding tert-OH is 1. The molecule has 1 rings (SSSR count). The molecule has 0 spiro atoms. The van der Waals surface area contributed by atoms with Crippen molar-refractivity contribution in [3.05, 3.63) is 29.8 Å². The molecule has 0 saturated carbocycles. The smallest absolute Gasteiger partial charge is 0.423 e. The molecule has 0 aromatic heterocycles. The normalized spacial score (nSPS) is 11.5. The summed E-state index contributed by atoms with van der Waals surface area (Å²) in [5.41, 5.74) is 1.14. The zero-order valence-electron chi connectivity index (χ0n) is 8.44. The molecule has 0 fully saturated rings. The Labute approximate surface area is 84.2 Å². The number of rotatable bonds is 3. The lowest BCUT2D eigenvalue weighted by Gasteiger charge is -2.22. The van der Waals surface area contributed by atoms with Gasteiger partial charge < -0.3 is 15.2 Å². The highest BCUT2D eigenvalue weighted by Gasteiger charge is 2.20. The van der Waals surface area contributed by atoms with E-state index < -0.39 is 7.12 Å². The minimum absolute atomic E-state index is 0.0635. The van der Waals surface area contributed by atoms with Crippen molar-refractivity contribution < 1.29 is 15.2 Å². The summed E-state index contributed by atoms with van der Waals surface area (Å²) in [4.78, 5) is 0. The predicted octanol–water partition coefficient (Wildman–Crippen LogP) is -0.364. The molecule has 1 aromatic carbocycles. The van der Waals surface area contributed by atoms with E-state index in [-0.39, 0.29) is 12.0 Å². The number of aliphatic hydroxyl groups is 1. The van der Waals surface area contributed by atoms with Crippen molar-refractivity contribution in [1.29, 1.82) is 0 Å². The molecule has 0 aliphatic rings. The summed E-state index contributed by atoms with van der Waals surface area (Å²) in [5.74, 6) is 0. The lowest BCUT2D eigenvalue weighted by molar-refractivity contribution is 0.218. The quantitative estimate of drug-likeness (QED) is 0.575. The van der Waals surface area contributed by atoms with Gasteiger partial charge >= 0.3 is 7.12 Å². The van der Waals surface area contributed by atoms with E-state index >= 15 is 0 Å². The molecule has 0 bridgehead atoms. The van der Waals surface area contributed by atoms with Gasteiger partial charge in [0.15, 0.2) is 0 Å². The summed E-state index contributed by atoms with van der Waals surface area (Å²) < 4.78 is 0. The number of hydrogen-bond acceptors (Lipinski definition) is 3. The Hall–Kier alpha value is -0.835. The monoisotopic (exact) mass is 194 g/mol. The lowest BCUT2D eigenvalue weighted by atomic mass is 9.77. The second kappa shape index (κ2) is 4.13. The highest BCUT2D eigenvalue weighted by molar-refractivity contribution is 6.58. The molecule has 1 aromatic rings. The van der Waals surface area contributed by atoms with E-state index in [1.165, 1.54) is 0 Å². The van der Waals surface area contributed by atoms with E-state index in [4.69, 9.17) is 15.2 Å². The molecule has 0 saturated heterocycles. The van der Waals surface area contributed by atoms with Gasteiger partial charge in [0.05, 0.1) is 6.61 Å². The fourth-order valence-corrected chi connectivity index (χ4v) is 1.20. The molecule has 0 aliphatic heterocycles. The van der Waals surface area contributed by atoms with Gasteiger partial charge in [-0.05, 0) is 11.0 Å². The van der Waals surface area contributed by atoms with Gasteiger partial charge in [-0.25, -0.2) is 0 Å². The summed E-state index contributed by atoms with van der Waals surface area (Å²) in [6.07, 6.45) is 0. The molecule has 76 valence electrons. The number of hydrogen-bond donors (Lipinski definition) is 3. The van der Waals surface area contributed by atoms with Gasteiger partial charge in [0.25, 0.3) is 0 Å². The molecule has 0 atom stereocenters. The van der Waals surface area contributed by atoms with E-state index in [9.17, 15) is 0 Å². The zero-order chi connectivity index (χ0) is 10.8. The van der Waals surface area contributed by atoms with Crippen LogP contribution < -0.4 is 5.46 Å². The van der Waals surface area contributed by atoms with Gasteiger partial charge in [-0.2, -0.15) is 0 Å². The minimum atomic E-state index is -1.43. The molecule has 0 radical (unpaired) electrons. The third kappa shape index (κ3) is 2.35. The van der Waals surface area contributed by atoms with Crippen molar-refractivity contribution in [3.63, 3.8) is 0 Å². The van der Waals surface area contributed by atoms with Crippen LogP contribution in [-0.4, -0.2) is 28.9 Å². The molecule has 4 heteroatoms. The maximum atomic E-state index is 9.13. The van der Waals surface area contributed by atoms with E-state index in [0.29, 0.717) is 5.46 Å². The second-order valence-corrected chi connectivity index (χ2v) is 4.04. The molecule has 3 nitrogen and oxygen atoms in total. The first kappa shape index (κ1) is 11.2. The Morgan fingerprint density at radius 2 is 1.64 bits per heavy atom. The summed E-state index contributed by atoms with van der Waals surface area (Å²) >= 11 is 0. The molecule has 0 unspecified atom stereocenters. The van der Waals surface area contributed by atoms with E-state index in [2.05, 4.69) is 0 Å². The van der Waals surface area contributed by atoms with Crippen LogP contribution in [-0.2, 0) is 5.41 Å². The first-order valence-electron chi connectivity index (χ1n) is 4.55. The predicted molar refractivity (Wildman–Crippen MR) is 56.4 cm³/mol. The molecule has 14 heavy (non-hydrogen) atoms. The molecular formula is C10H15BO3. The Morgan fingerprint density at radius 3 is 2.00 bits per heavy atom. The van der Waals surface area contributed by atoms with Gasteiger partial charge in [0, 0.05) is 5.41 Å². The van der Waals surface area contributed by atoms with Crippen molar-refractivity contribution in [1.82, 2.24) is 0 Å². The van der Waals surface area contributed by atoms with Crippen LogP contribution in [0.25, 0.3) is 0 Å². The Bertz CT molecular complexity index is 293. The largest absolute Gasteiger partial charge is 0.488 e. The second-order valence-electron chi connectivity index (χ2n) is 4.04. The van der Waals surface area contributed by atoms with Crippen LogP contribution >= 0.6 is 0 Å². The number of benzene rings is 1. The molecule has 0 aliphatic carbocycles. The van der Waals surface area contributed by atoms with Crippen LogP contribution in [0.1, 0.15) is 19.4 Å². The van der Waals surface area contributed by atoms with Crippen molar-refractivity contribution in [2.24, 2.45) is 0 Å². The van der Waals surface area contributed by atoms with Crippen LogP contribution in [0.5, 0.6) is 0 Å². The maximum absolute atomic E-state index is 9.13. The Morgan fingerprint density at radius 1 is 1.14 bits per heavy atom. The lowest BCUT2D eigenvalue weighted by Crippen LogP contribution is -2.30. The zero-order valence-corrected chi connectivity index (χ0v) is 8.44. The van der Waals surface area contributed by atoms with Crippen molar-refractivity contribution in [2.45, 2.75) is 19.3 Å². The Balaban J connectivity index is 2.94. The Kier molecular flexibility index (Phi) is 3.31. The van der Waals surface area contributed by atoms with Crippen LogP contribution in [0.3, 0.4) is 0 Å². The van der Waals surface area contributed by atoms with Gasteiger partial charge in [0.1, 0.15) is 0 Å². The van der Waals surface area contributed by atoms with Crippen LogP contribution in [0.4, 0.5) is 0 Å². The topological polar surface area (TPSA) is 60.7 Å². The standard InChI is InChI=1S/C10H15BO3/c1-10(2,7-12)8-3-5-9(6-4-8)11(13)14/h3-6,12-14H,7H2,1-2H3. The van der Waals surface area contributed by atoms with Gasteiger partial charge in [0.2, 0.25) is 0 Å². The third-order valence-electron chi connectivity index (χ3n) is 2.39. The van der Waals surface area contributed by atoms with E-state index in [1.807, 2.05) is 13.8 Å². The van der Waals surface area contributed by atoms with E-state index in [1.54, 1.807) is 24.3 Å². The summed E-state index contributed by atoms with van der Waals surface area (Å²) in [5, 5.41) is 26.9. The molecule has 0 heterocycles. The fourth-order valence-electron chi connectivity index (χ4n) is 1.20. The molecule has 0 amide bonds. The first-order valence-corrected chi connectivity index (χ1v) is 4.55. The van der Waals surface area contributed by atoms with Crippen molar-refractivity contribution in [2.75, 3.05) is 6.61 Å². The van der Waals surface area contributed by atoms with E-state index in [0.717, 1.165) is 5.56 Å². The maximum Gasteiger partial charge on any atom is 0.488 e. The highest BCUT2D eigenvalue weighted by atomic mass is 16.4. The van der Waals surface area contributed by atoms with Crippen LogP contribution in [0.2, 0.25) is 0 Å². The summed E-state index contributed by atoms with van der Waals surface area (Å²) in [6, 6.07) is 6.89. The van der Waals surface area contributed by atoms with Crippen molar-refractivity contribution in [3.8, 4) is 0 Å². The minimum Gasteiger partial charge on any atom is -0.423 e. The average Bonchev–Trinajstić information content (AvgIpc) is 2.18. The SMILES string of the molecule is CC(C)(CO)c1ccc(B(O)O)cc1.